The highest BCUT2D eigenvalue weighted by Crippen LogP contribution is 2.28. The molecule has 27 heavy (non-hydrogen) atoms. The number of carbonyl (C=O) groups excluding carboxylic acids is 3. The van der Waals surface area contributed by atoms with Crippen LogP contribution < -0.4 is 11.1 Å². The highest BCUT2D eigenvalue weighted by molar-refractivity contribution is 6.05. The van der Waals surface area contributed by atoms with Gasteiger partial charge in [-0.25, -0.2) is 0 Å². The van der Waals surface area contributed by atoms with Gasteiger partial charge in [0.2, 0.25) is 11.8 Å². The molecule has 1 fully saturated rings. The first-order valence-corrected chi connectivity index (χ1v) is 9.64. The Bertz CT molecular complexity index is 734. The van der Waals surface area contributed by atoms with Crippen molar-refractivity contribution < 1.29 is 14.4 Å². The van der Waals surface area contributed by atoms with Crippen molar-refractivity contribution in [1.82, 2.24) is 15.1 Å². The van der Waals surface area contributed by atoms with Gasteiger partial charge in [0.1, 0.15) is 6.04 Å². The quantitative estimate of drug-likeness (QED) is 0.524. The van der Waals surface area contributed by atoms with E-state index in [1.807, 2.05) is 12.1 Å². The molecule has 2 aliphatic rings. The smallest absolute Gasteiger partial charge is 0.255 e. The van der Waals surface area contributed by atoms with Crippen LogP contribution >= 0.6 is 0 Å². The zero-order valence-electron chi connectivity index (χ0n) is 15.9. The SMILES string of the molecule is CN(CCCCCN)Cc1ccc2c(c1)CN(C1CCC(=O)NC1=O)C2=O. The molecule has 2 heterocycles. The van der Waals surface area contributed by atoms with Crippen molar-refractivity contribution in [2.75, 3.05) is 20.1 Å². The lowest BCUT2D eigenvalue weighted by atomic mass is 10.0. The molecule has 0 aliphatic carbocycles. The molecule has 0 spiro atoms. The summed E-state index contributed by atoms with van der Waals surface area (Å²) in [7, 11) is 2.09. The molecule has 3 rings (SSSR count). The van der Waals surface area contributed by atoms with Crippen molar-refractivity contribution >= 4 is 17.7 Å². The van der Waals surface area contributed by atoms with E-state index in [4.69, 9.17) is 5.73 Å². The molecule has 0 aromatic heterocycles. The number of nitrogens with two attached hydrogens (primary N) is 1. The molecule has 0 saturated carbocycles. The van der Waals surface area contributed by atoms with Crippen LogP contribution in [0.5, 0.6) is 0 Å². The molecular formula is C20H28N4O3. The van der Waals surface area contributed by atoms with Crippen molar-refractivity contribution in [1.29, 1.82) is 0 Å². The molecule has 0 radical (unpaired) electrons. The van der Waals surface area contributed by atoms with Crippen LogP contribution in [0.3, 0.4) is 0 Å². The van der Waals surface area contributed by atoms with E-state index in [0.717, 1.165) is 50.0 Å². The largest absolute Gasteiger partial charge is 0.330 e. The number of imide groups is 1. The van der Waals surface area contributed by atoms with Crippen molar-refractivity contribution in [2.45, 2.75) is 51.2 Å². The van der Waals surface area contributed by atoms with E-state index < -0.39 is 6.04 Å². The fourth-order valence-corrected chi connectivity index (χ4v) is 3.82. The maximum atomic E-state index is 12.7. The summed E-state index contributed by atoms with van der Waals surface area (Å²) >= 11 is 0. The van der Waals surface area contributed by atoms with E-state index in [1.165, 1.54) is 0 Å². The Kier molecular flexibility index (Phi) is 6.23. The number of nitrogens with zero attached hydrogens (tertiary/aromatic N) is 2. The molecule has 2 aliphatic heterocycles. The maximum absolute atomic E-state index is 12.7. The number of hydrogen-bond acceptors (Lipinski definition) is 5. The van der Waals surface area contributed by atoms with Gasteiger partial charge in [-0.05, 0) is 56.6 Å². The minimum Gasteiger partial charge on any atom is -0.330 e. The third-order valence-electron chi connectivity index (χ3n) is 5.28. The zero-order chi connectivity index (χ0) is 19.4. The molecule has 0 bridgehead atoms. The predicted octanol–water partition coefficient (Wildman–Crippen LogP) is 1.01. The van der Waals surface area contributed by atoms with E-state index in [0.29, 0.717) is 18.5 Å². The molecule has 1 saturated heterocycles. The van der Waals surface area contributed by atoms with E-state index in [1.54, 1.807) is 4.90 Å². The molecule has 1 aromatic rings. The van der Waals surface area contributed by atoms with Gasteiger partial charge in [-0.2, -0.15) is 0 Å². The lowest BCUT2D eigenvalue weighted by Gasteiger charge is -2.29. The summed E-state index contributed by atoms with van der Waals surface area (Å²) in [5.41, 5.74) is 8.30. The van der Waals surface area contributed by atoms with Crippen molar-refractivity contribution in [3.05, 3.63) is 34.9 Å². The van der Waals surface area contributed by atoms with Crippen molar-refractivity contribution in [3.8, 4) is 0 Å². The number of unbranched alkanes of at least 4 members (excludes halogenated alkanes) is 2. The normalized spacial score (nSPS) is 19.6. The second-order valence-electron chi connectivity index (χ2n) is 7.48. The third kappa shape index (κ3) is 4.54. The van der Waals surface area contributed by atoms with Gasteiger partial charge >= 0.3 is 0 Å². The lowest BCUT2D eigenvalue weighted by molar-refractivity contribution is -0.136. The van der Waals surface area contributed by atoms with Gasteiger partial charge in [-0.1, -0.05) is 18.6 Å². The number of amides is 3. The van der Waals surface area contributed by atoms with Crippen LogP contribution in [0.15, 0.2) is 18.2 Å². The monoisotopic (exact) mass is 372 g/mol. The number of carbonyl (C=O) groups is 3. The van der Waals surface area contributed by atoms with Gasteiger partial charge in [0.05, 0.1) is 0 Å². The Balaban J connectivity index is 1.62. The van der Waals surface area contributed by atoms with Crippen LogP contribution in [0.4, 0.5) is 0 Å². The fourth-order valence-electron chi connectivity index (χ4n) is 3.82. The topological polar surface area (TPSA) is 95.7 Å². The van der Waals surface area contributed by atoms with Crippen LogP contribution in [-0.4, -0.2) is 53.7 Å². The Morgan fingerprint density at radius 1 is 1.22 bits per heavy atom. The number of hydrogen-bond donors (Lipinski definition) is 2. The Morgan fingerprint density at radius 2 is 2.04 bits per heavy atom. The van der Waals surface area contributed by atoms with Crippen LogP contribution in [0, 0.1) is 0 Å². The van der Waals surface area contributed by atoms with E-state index >= 15 is 0 Å². The summed E-state index contributed by atoms with van der Waals surface area (Å²) in [6, 6.07) is 5.36. The molecule has 1 unspecified atom stereocenters. The Labute approximate surface area is 159 Å². The van der Waals surface area contributed by atoms with E-state index in [-0.39, 0.29) is 24.1 Å². The minimum atomic E-state index is -0.559. The van der Waals surface area contributed by atoms with Crippen molar-refractivity contribution in [2.24, 2.45) is 5.73 Å². The number of fused-ring (bicyclic) bond motifs is 1. The Hall–Kier alpha value is -2.25. The summed E-state index contributed by atoms with van der Waals surface area (Å²) in [5, 5.41) is 2.33. The van der Waals surface area contributed by atoms with Crippen LogP contribution in [0.25, 0.3) is 0 Å². The van der Waals surface area contributed by atoms with Gasteiger partial charge in [0, 0.05) is 25.1 Å². The van der Waals surface area contributed by atoms with Crippen LogP contribution in [-0.2, 0) is 22.7 Å². The van der Waals surface area contributed by atoms with Gasteiger partial charge < -0.3 is 15.5 Å². The summed E-state index contributed by atoms with van der Waals surface area (Å²) in [4.78, 5) is 40.0. The second kappa shape index (κ2) is 8.63. The number of piperidine rings is 1. The second-order valence-corrected chi connectivity index (χ2v) is 7.48. The summed E-state index contributed by atoms with van der Waals surface area (Å²) in [6.07, 6.45) is 3.99. The fraction of sp³-hybridized carbons (Fsp3) is 0.550. The number of nitrogens with one attached hydrogen (secondary N) is 1. The first-order valence-electron chi connectivity index (χ1n) is 9.64. The van der Waals surface area contributed by atoms with E-state index in [2.05, 4.69) is 23.3 Å². The molecule has 146 valence electrons. The predicted molar refractivity (Wildman–Crippen MR) is 102 cm³/mol. The molecule has 3 N–H and O–H groups in total. The highest BCUT2D eigenvalue weighted by Gasteiger charge is 2.39. The molecular weight excluding hydrogens is 344 g/mol. The Morgan fingerprint density at radius 3 is 2.78 bits per heavy atom. The first kappa shape index (κ1) is 19.5. The first-order chi connectivity index (χ1) is 13.0. The summed E-state index contributed by atoms with van der Waals surface area (Å²) in [5.74, 6) is -0.761. The molecule has 3 amide bonds. The van der Waals surface area contributed by atoms with Crippen molar-refractivity contribution in [3.63, 3.8) is 0 Å². The standard InChI is InChI=1S/C20H28N4O3/c1-23(10-4-2-3-9-21)12-14-5-6-16-15(11-14)13-24(20(16)27)17-7-8-18(25)22-19(17)26/h5-6,11,17H,2-4,7-10,12-13,21H2,1H3,(H,22,25,26). The van der Waals surface area contributed by atoms with Crippen LogP contribution in [0.1, 0.15) is 53.6 Å². The highest BCUT2D eigenvalue weighted by atomic mass is 16.2. The molecule has 7 nitrogen and oxygen atoms in total. The molecule has 7 heteroatoms. The average Bonchev–Trinajstić information content (AvgIpc) is 2.95. The average molecular weight is 372 g/mol. The van der Waals surface area contributed by atoms with E-state index in [9.17, 15) is 14.4 Å². The number of benzene rings is 1. The number of rotatable bonds is 8. The van der Waals surface area contributed by atoms with Gasteiger partial charge in [0.25, 0.3) is 5.91 Å². The van der Waals surface area contributed by atoms with Gasteiger partial charge in [0.15, 0.2) is 0 Å². The third-order valence-corrected chi connectivity index (χ3v) is 5.28. The lowest BCUT2D eigenvalue weighted by Crippen LogP contribution is -2.52. The zero-order valence-corrected chi connectivity index (χ0v) is 15.9. The van der Waals surface area contributed by atoms with Gasteiger partial charge in [-0.15, -0.1) is 0 Å². The summed E-state index contributed by atoms with van der Waals surface area (Å²) < 4.78 is 0. The summed E-state index contributed by atoms with van der Waals surface area (Å²) in [6.45, 7) is 3.00. The van der Waals surface area contributed by atoms with Crippen LogP contribution in [0.2, 0.25) is 0 Å². The molecule has 1 atom stereocenters. The van der Waals surface area contributed by atoms with Gasteiger partial charge in [-0.3, -0.25) is 19.7 Å². The maximum Gasteiger partial charge on any atom is 0.255 e. The molecule has 1 aromatic carbocycles. The minimum absolute atomic E-state index is 0.124.